The SMILES string of the molecule is O=C(O)[C@H]1CCCN1Cc1ccc(-c2c(F)cccc2F)o1. The van der Waals surface area contributed by atoms with Gasteiger partial charge in [-0.15, -0.1) is 0 Å². The third-order valence-electron chi connectivity index (χ3n) is 3.88. The molecule has 1 N–H and O–H groups in total. The number of nitrogens with zero attached hydrogens (tertiary/aromatic N) is 1. The van der Waals surface area contributed by atoms with Crippen LogP contribution in [0, 0.1) is 11.6 Å². The molecule has 0 saturated carbocycles. The molecule has 0 bridgehead atoms. The first-order valence-electron chi connectivity index (χ1n) is 7.06. The molecular formula is C16H15F2NO3. The van der Waals surface area contributed by atoms with Gasteiger partial charge in [0.15, 0.2) is 0 Å². The summed E-state index contributed by atoms with van der Waals surface area (Å²) in [6, 6.07) is 6.22. The van der Waals surface area contributed by atoms with Crippen molar-refractivity contribution in [3.05, 3.63) is 47.7 Å². The molecule has 6 heteroatoms. The third kappa shape index (κ3) is 2.74. The lowest BCUT2D eigenvalue weighted by atomic mass is 10.1. The van der Waals surface area contributed by atoms with Crippen LogP contribution in [0.1, 0.15) is 18.6 Å². The monoisotopic (exact) mass is 307 g/mol. The zero-order chi connectivity index (χ0) is 15.7. The van der Waals surface area contributed by atoms with Crippen LogP contribution >= 0.6 is 0 Å². The predicted octanol–water partition coefficient (Wildman–Crippen LogP) is 3.27. The van der Waals surface area contributed by atoms with Gasteiger partial charge in [0.05, 0.1) is 12.1 Å². The van der Waals surface area contributed by atoms with Crippen molar-refractivity contribution in [2.75, 3.05) is 6.54 Å². The van der Waals surface area contributed by atoms with E-state index in [4.69, 9.17) is 9.52 Å². The Hall–Kier alpha value is -2.21. The first kappa shape index (κ1) is 14.7. The van der Waals surface area contributed by atoms with Crippen LogP contribution in [-0.4, -0.2) is 28.6 Å². The third-order valence-corrected chi connectivity index (χ3v) is 3.88. The molecule has 1 fully saturated rings. The van der Waals surface area contributed by atoms with E-state index in [0.29, 0.717) is 25.3 Å². The van der Waals surface area contributed by atoms with Crippen LogP contribution in [0.15, 0.2) is 34.7 Å². The number of benzene rings is 1. The summed E-state index contributed by atoms with van der Waals surface area (Å²) in [7, 11) is 0. The van der Waals surface area contributed by atoms with Crippen LogP contribution in [0.4, 0.5) is 8.78 Å². The first-order chi connectivity index (χ1) is 10.6. The van der Waals surface area contributed by atoms with Crippen LogP contribution in [0.2, 0.25) is 0 Å². The second-order valence-corrected chi connectivity index (χ2v) is 5.33. The Morgan fingerprint density at radius 3 is 2.68 bits per heavy atom. The van der Waals surface area contributed by atoms with E-state index in [9.17, 15) is 13.6 Å². The van der Waals surface area contributed by atoms with E-state index in [-0.39, 0.29) is 11.3 Å². The molecule has 1 aliphatic rings. The summed E-state index contributed by atoms with van der Waals surface area (Å²) in [4.78, 5) is 12.9. The molecule has 22 heavy (non-hydrogen) atoms. The number of likely N-dealkylation sites (tertiary alicyclic amines) is 1. The van der Waals surface area contributed by atoms with E-state index in [0.717, 1.165) is 6.42 Å². The topological polar surface area (TPSA) is 53.7 Å². The lowest BCUT2D eigenvalue weighted by Crippen LogP contribution is -2.35. The Labute approximate surface area is 126 Å². The Bertz CT molecular complexity index is 678. The Kier molecular flexibility index (Phi) is 3.94. The number of carboxylic acids is 1. The van der Waals surface area contributed by atoms with Gasteiger partial charge in [0.1, 0.15) is 29.2 Å². The Morgan fingerprint density at radius 2 is 2.00 bits per heavy atom. The minimum Gasteiger partial charge on any atom is -0.480 e. The Balaban J connectivity index is 1.81. The fraction of sp³-hybridized carbons (Fsp3) is 0.312. The highest BCUT2D eigenvalue weighted by Crippen LogP contribution is 2.29. The zero-order valence-electron chi connectivity index (χ0n) is 11.8. The van der Waals surface area contributed by atoms with E-state index in [1.165, 1.54) is 24.3 Å². The van der Waals surface area contributed by atoms with E-state index in [1.807, 2.05) is 0 Å². The van der Waals surface area contributed by atoms with Gasteiger partial charge in [-0.2, -0.15) is 0 Å². The van der Waals surface area contributed by atoms with Crippen LogP contribution < -0.4 is 0 Å². The summed E-state index contributed by atoms with van der Waals surface area (Å²) in [6.45, 7) is 0.980. The molecule has 0 radical (unpaired) electrons. The molecule has 2 aromatic rings. The molecule has 1 atom stereocenters. The van der Waals surface area contributed by atoms with Crippen molar-refractivity contribution in [2.24, 2.45) is 0 Å². The average Bonchev–Trinajstić information content (AvgIpc) is 3.09. The van der Waals surface area contributed by atoms with E-state index in [2.05, 4.69) is 0 Å². The van der Waals surface area contributed by atoms with Crippen molar-refractivity contribution >= 4 is 5.97 Å². The maximum Gasteiger partial charge on any atom is 0.320 e. The van der Waals surface area contributed by atoms with Gasteiger partial charge in [0, 0.05) is 0 Å². The van der Waals surface area contributed by atoms with Gasteiger partial charge in [-0.3, -0.25) is 9.69 Å². The maximum absolute atomic E-state index is 13.7. The maximum atomic E-state index is 13.7. The number of aliphatic carboxylic acids is 1. The molecule has 1 aliphatic heterocycles. The lowest BCUT2D eigenvalue weighted by Gasteiger charge is -2.19. The van der Waals surface area contributed by atoms with Gasteiger partial charge in [-0.25, -0.2) is 8.78 Å². The minimum atomic E-state index is -0.857. The van der Waals surface area contributed by atoms with Crippen molar-refractivity contribution < 1.29 is 23.1 Å². The number of rotatable bonds is 4. The molecule has 0 unspecified atom stereocenters. The number of furan rings is 1. The molecule has 3 rings (SSSR count). The summed E-state index contributed by atoms with van der Waals surface area (Å²) >= 11 is 0. The second-order valence-electron chi connectivity index (χ2n) is 5.33. The molecule has 2 heterocycles. The lowest BCUT2D eigenvalue weighted by molar-refractivity contribution is -0.142. The van der Waals surface area contributed by atoms with Gasteiger partial charge in [-0.1, -0.05) is 6.07 Å². The first-order valence-corrected chi connectivity index (χ1v) is 7.06. The van der Waals surface area contributed by atoms with Gasteiger partial charge >= 0.3 is 5.97 Å². The van der Waals surface area contributed by atoms with Gasteiger partial charge < -0.3 is 9.52 Å². The molecule has 1 aromatic heterocycles. The van der Waals surface area contributed by atoms with Crippen molar-refractivity contribution in [2.45, 2.75) is 25.4 Å². The van der Waals surface area contributed by atoms with Crippen LogP contribution in [0.3, 0.4) is 0 Å². The number of hydrogen-bond donors (Lipinski definition) is 1. The van der Waals surface area contributed by atoms with E-state index < -0.39 is 23.6 Å². The summed E-state index contributed by atoms with van der Waals surface area (Å²) in [6.07, 6.45) is 1.41. The van der Waals surface area contributed by atoms with Crippen molar-refractivity contribution in [1.29, 1.82) is 0 Å². The number of carbonyl (C=O) groups is 1. The molecule has 0 aliphatic carbocycles. The molecule has 4 nitrogen and oxygen atoms in total. The minimum absolute atomic E-state index is 0.108. The van der Waals surface area contributed by atoms with Crippen molar-refractivity contribution in [3.63, 3.8) is 0 Å². The van der Waals surface area contributed by atoms with E-state index in [1.54, 1.807) is 11.0 Å². The molecule has 116 valence electrons. The summed E-state index contributed by atoms with van der Waals surface area (Å²) < 4.78 is 33.0. The standard InChI is InChI=1S/C16H15F2NO3/c17-11-3-1-4-12(18)15(11)14-7-6-10(22-14)9-19-8-2-5-13(19)16(20)21/h1,3-4,6-7,13H,2,5,8-9H2,(H,20,21)/t13-/m1/s1. The van der Waals surface area contributed by atoms with Crippen LogP contribution in [0.5, 0.6) is 0 Å². The quantitative estimate of drug-likeness (QED) is 0.942. The fourth-order valence-corrected chi connectivity index (χ4v) is 2.83. The molecular weight excluding hydrogens is 292 g/mol. The fourth-order valence-electron chi connectivity index (χ4n) is 2.83. The highest BCUT2D eigenvalue weighted by molar-refractivity contribution is 5.73. The van der Waals surface area contributed by atoms with Gasteiger partial charge in [0.2, 0.25) is 0 Å². The van der Waals surface area contributed by atoms with E-state index >= 15 is 0 Å². The number of halogens is 2. The summed E-state index contributed by atoms with van der Waals surface area (Å²) in [5.41, 5.74) is -0.204. The van der Waals surface area contributed by atoms with Crippen LogP contribution in [-0.2, 0) is 11.3 Å². The normalized spacial score (nSPS) is 18.7. The summed E-state index contributed by atoms with van der Waals surface area (Å²) in [5.74, 6) is -1.64. The number of carboxylic acid groups (broad SMARTS) is 1. The van der Waals surface area contributed by atoms with Gasteiger partial charge in [0.25, 0.3) is 0 Å². The largest absolute Gasteiger partial charge is 0.480 e. The summed E-state index contributed by atoms with van der Waals surface area (Å²) in [5, 5.41) is 9.15. The van der Waals surface area contributed by atoms with Crippen LogP contribution in [0.25, 0.3) is 11.3 Å². The Morgan fingerprint density at radius 1 is 1.27 bits per heavy atom. The molecule has 1 aromatic carbocycles. The number of hydrogen-bond acceptors (Lipinski definition) is 3. The zero-order valence-corrected chi connectivity index (χ0v) is 11.8. The highest BCUT2D eigenvalue weighted by atomic mass is 19.1. The van der Waals surface area contributed by atoms with Crippen molar-refractivity contribution in [1.82, 2.24) is 4.90 Å². The average molecular weight is 307 g/mol. The molecule has 0 spiro atoms. The second kappa shape index (κ2) is 5.88. The smallest absolute Gasteiger partial charge is 0.320 e. The molecule has 1 saturated heterocycles. The molecule has 0 amide bonds. The van der Waals surface area contributed by atoms with Gasteiger partial charge in [-0.05, 0) is 43.7 Å². The van der Waals surface area contributed by atoms with Crippen molar-refractivity contribution in [3.8, 4) is 11.3 Å². The highest BCUT2D eigenvalue weighted by Gasteiger charge is 2.31. The predicted molar refractivity (Wildman–Crippen MR) is 75.1 cm³/mol.